The molecule has 2 rings (SSSR count). The minimum absolute atomic E-state index is 0.152. The Kier molecular flexibility index (Phi) is 2.86. The van der Waals surface area contributed by atoms with E-state index in [-0.39, 0.29) is 5.78 Å². The standard InChI is InChI=1S/C11H11BrN2O/c1-14-7-13-9-6-8(2-3-10(9)14)11(15)4-5-12/h2-3,6-7H,4-5H2,1H3. The molecule has 1 aromatic carbocycles. The summed E-state index contributed by atoms with van der Waals surface area (Å²) in [7, 11) is 1.94. The molecule has 0 atom stereocenters. The van der Waals surface area contributed by atoms with Crippen molar-refractivity contribution in [1.82, 2.24) is 9.55 Å². The van der Waals surface area contributed by atoms with Crippen molar-refractivity contribution in [2.75, 3.05) is 5.33 Å². The van der Waals surface area contributed by atoms with Crippen molar-refractivity contribution in [2.24, 2.45) is 7.05 Å². The van der Waals surface area contributed by atoms with E-state index in [1.54, 1.807) is 6.33 Å². The van der Waals surface area contributed by atoms with Crippen LogP contribution < -0.4 is 0 Å². The van der Waals surface area contributed by atoms with Gasteiger partial charge < -0.3 is 4.57 Å². The van der Waals surface area contributed by atoms with E-state index in [0.29, 0.717) is 11.8 Å². The van der Waals surface area contributed by atoms with Gasteiger partial charge in [-0.05, 0) is 18.2 Å². The number of carbonyl (C=O) groups is 1. The number of aromatic nitrogens is 2. The molecule has 3 nitrogen and oxygen atoms in total. The van der Waals surface area contributed by atoms with Crippen molar-refractivity contribution in [2.45, 2.75) is 6.42 Å². The summed E-state index contributed by atoms with van der Waals surface area (Å²) < 4.78 is 1.94. The first-order chi connectivity index (χ1) is 7.22. The van der Waals surface area contributed by atoms with Crippen LogP contribution in [0.25, 0.3) is 11.0 Å². The summed E-state index contributed by atoms with van der Waals surface area (Å²) in [6.07, 6.45) is 2.28. The molecular weight excluding hydrogens is 256 g/mol. The monoisotopic (exact) mass is 266 g/mol. The number of ketones is 1. The summed E-state index contributed by atoms with van der Waals surface area (Å²) in [5.41, 5.74) is 2.66. The second-order valence-corrected chi connectivity index (χ2v) is 4.21. The second kappa shape index (κ2) is 4.14. The third-order valence-corrected chi connectivity index (χ3v) is 2.77. The van der Waals surface area contributed by atoms with Crippen LogP contribution in [0.3, 0.4) is 0 Å². The number of fused-ring (bicyclic) bond motifs is 1. The van der Waals surface area contributed by atoms with Crippen LogP contribution in [-0.2, 0) is 7.05 Å². The van der Waals surface area contributed by atoms with Crippen molar-refractivity contribution in [3.8, 4) is 0 Å². The number of halogens is 1. The van der Waals surface area contributed by atoms with E-state index in [1.807, 2.05) is 29.8 Å². The fourth-order valence-corrected chi connectivity index (χ4v) is 1.90. The van der Waals surface area contributed by atoms with Gasteiger partial charge in [0.05, 0.1) is 17.4 Å². The summed E-state index contributed by atoms with van der Waals surface area (Å²) in [5, 5.41) is 0.700. The van der Waals surface area contributed by atoms with Gasteiger partial charge in [-0.3, -0.25) is 4.79 Å². The molecule has 0 N–H and O–H groups in total. The van der Waals surface area contributed by atoms with Crippen molar-refractivity contribution >= 4 is 32.7 Å². The van der Waals surface area contributed by atoms with Crippen molar-refractivity contribution in [1.29, 1.82) is 0 Å². The van der Waals surface area contributed by atoms with Crippen LogP contribution in [0, 0.1) is 0 Å². The minimum atomic E-state index is 0.152. The summed E-state index contributed by atoms with van der Waals surface area (Å²) >= 11 is 3.26. The lowest BCUT2D eigenvalue weighted by Crippen LogP contribution is -1.99. The Morgan fingerprint density at radius 2 is 2.33 bits per heavy atom. The normalized spacial score (nSPS) is 10.8. The Labute approximate surface area is 96.2 Å². The highest BCUT2D eigenvalue weighted by Crippen LogP contribution is 2.15. The molecule has 15 heavy (non-hydrogen) atoms. The quantitative estimate of drug-likeness (QED) is 0.632. The number of nitrogens with zero attached hydrogens (tertiary/aromatic N) is 2. The Morgan fingerprint density at radius 1 is 1.53 bits per heavy atom. The first-order valence-corrected chi connectivity index (χ1v) is 5.85. The Balaban J connectivity index is 2.43. The number of imidazole rings is 1. The Bertz CT molecular complexity index is 504. The SMILES string of the molecule is Cn1cnc2cc(C(=O)CCBr)ccc21. The van der Waals surface area contributed by atoms with Crippen LogP contribution in [-0.4, -0.2) is 20.7 Å². The van der Waals surface area contributed by atoms with Gasteiger partial charge in [0.1, 0.15) is 0 Å². The molecule has 0 saturated carbocycles. The van der Waals surface area contributed by atoms with Crippen LogP contribution >= 0.6 is 15.9 Å². The van der Waals surface area contributed by atoms with E-state index in [0.717, 1.165) is 16.6 Å². The zero-order valence-electron chi connectivity index (χ0n) is 8.40. The van der Waals surface area contributed by atoms with Crippen LogP contribution in [0.4, 0.5) is 0 Å². The lowest BCUT2D eigenvalue weighted by molar-refractivity contribution is 0.0990. The number of benzene rings is 1. The molecule has 0 spiro atoms. The maximum Gasteiger partial charge on any atom is 0.163 e. The zero-order chi connectivity index (χ0) is 10.8. The van der Waals surface area contributed by atoms with Gasteiger partial charge in [0, 0.05) is 24.4 Å². The maximum absolute atomic E-state index is 11.6. The lowest BCUT2D eigenvalue weighted by Gasteiger charge is -1.99. The van der Waals surface area contributed by atoms with Crippen molar-refractivity contribution in [3.63, 3.8) is 0 Å². The fraction of sp³-hybridized carbons (Fsp3) is 0.273. The second-order valence-electron chi connectivity index (χ2n) is 3.42. The first kappa shape index (κ1) is 10.4. The van der Waals surface area contributed by atoms with E-state index in [2.05, 4.69) is 20.9 Å². The van der Waals surface area contributed by atoms with Crippen LogP contribution in [0.1, 0.15) is 16.8 Å². The Hall–Kier alpha value is -1.16. The smallest absolute Gasteiger partial charge is 0.163 e. The van der Waals surface area contributed by atoms with Gasteiger partial charge in [-0.2, -0.15) is 0 Å². The van der Waals surface area contributed by atoms with E-state index in [9.17, 15) is 4.79 Å². The van der Waals surface area contributed by atoms with Crippen LogP contribution in [0.2, 0.25) is 0 Å². The predicted molar refractivity (Wildman–Crippen MR) is 63.5 cm³/mol. The number of hydrogen-bond donors (Lipinski definition) is 0. The molecule has 78 valence electrons. The number of aryl methyl sites for hydroxylation is 1. The maximum atomic E-state index is 11.6. The summed E-state index contributed by atoms with van der Waals surface area (Å²) in [5.74, 6) is 0.152. The third kappa shape index (κ3) is 1.95. The molecule has 4 heteroatoms. The van der Waals surface area contributed by atoms with E-state index in [1.165, 1.54) is 0 Å². The molecule has 0 fully saturated rings. The highest BCUT2D eigenvalue weighted by molar-refractivity contribution is 9.09. The van der Waals surface area contributed by atoms with Crippen LogP contribution in [0.15, 0.2) is 24.5 Å². The van der Waals surface area contributed by atoms with Gasteiger partial charge in [-0.1, -0.05) is 15.9 Å². The topological polar surface area (TPSA) is 34.9 Å². The molecule has 1 aromatic heterocycles. The summed E-state index contributed by atoms with van der Waals surface area (Å²) in [6, 6.07) is 5.64. The molecule has 0 amide bonds. The number of carbonyl (C=O) groups excluding carboxylic acids is 1. The van der Waals surface area contributed by atoms with Crippen molar-refractivity contribution in [3.05, 3.63) is 30.1 Å². The largest absolute Gasteiger partial charge is 0.334 e. The number of hydrogen-bond acceptors (Lipinski definition) is 2. The Morgan fingerprint density at radius 3 is 3.07 bits per heavy atom. The molecule has 0 saturated heterocycles. The predicted octanol–water partition coefficient (Wildman–Crippen LogP) is 2.54. The molecule has 0 unspecified atom stereocenters. The lowest BCUT2D eigenvalue weighted by atomic mass is 10.1. The van der Waals surface area contributed by atoms with Gasteiger partial charge >= 0.3 is 0 Å². The molecule has 1 heterocycles. The minimum Gasteiger partial charge on any atom is -0.334 e. The molecule has 0 bridgehead atoms. The molecular formula is C11H11BrN2O. The van der Waals surface area contributed by atoms with Gasteiger partial charge in [0.2, 0.25) is 0 Å². The van der Waals surface area contributed by atoms with Gasteiger partial charge in [-0.25, -0.2) is 4.98 Å². The molecule has 0 aliphatic rings. The highest BCUT2D eigenvalue weighted by Gasteiger charge is 2.07. The average Bonchev–Trinajstić information content (AvgIpc) is 2.60. The van der Waals surface area contributed by atoms with Gasteiger partial charge in [0.25, 0.3) is 0 Å². The third-order valence-electron chi connectivity index (χ3n) is 2.37. The molecule has 0 aliphatic heterocycles. The molecule has 0 aliphatic carbocycles. The van der Waals surface area contributed by atoms with Gasteiger partial charge in [-0.15, -0.1) is 0 Å². The first-order valence-electron chi connectivity index (χ1n) is 4.72. The number of alkyl halides is 1. The zero-order valence-corrected chi connectivity index (χ0v) is 9.99. The number of rotatable bonds is 3. The van der Waals surface area contributed by atoms with Crippen LogP contribution in [0.5, 0.6) is 0 Å². The van der Waals surface area contributed by atoms with E-state index in [4.69, 9.17) is 0 Å². The highest BCUT2D eigenvalue weighted by atomic mass is 79.9. The van der Waals surface area contributed by atoms with Gasteiger partial charge in [0.15, 0.2) is 5.78 Å². The number of Topliss-reactive ketones (excluding diaryl/α,β-unsaturated/α-hetero) is 1. The van der Waals surface area contributed by atoms with Crippen molar-refractivity contribution < 1.29 is 4.79 Å². The summed E-state index contributed by atoms with van der Waals surface area (Å²) in [6.45, 7) is 0. The average molecular weight is 267 g/mol. The fourth-order valence-electron chi connectivity index (χ4n) is 1.54. The van der Waals surface area contributed by atoms with E-state index >= 15 is 0 Å². The van der Waals surface area contributed by atoms with E-state index < -0.39 is 0 Å². The summed E-state index contributed by atoms with van der Waals surface area (Å²) in [4.78, 5) is 15.9. The molecule has 2 aromatic rings. The molecule has 0 radical (unpaired) electrons.